The molecule has 0 N–H and O–H groups in total. The van der Waals surface area contributed by atoms with Gasteiger partial charge in [-0.2, -0.15) is 0 Å². The van der Waals surface area contributed by atoms with Gasteiger partial charge >= 0.3 is 0 Å². The van der Waals surface area contributed by atoms with Crippen molar-refractivity contribution in [1.29, 1.82) is 0 Å². The molecule has 0 aliphatic carbocycles. The minimum absolute atomic E-state index is 0.218. The third kappa shape index (κ3) is 5.27. The lowest BCUT2D eigenvalue weighted by atomic mass is 10.3. The fraction of sp³-hybridized carbons (Fsp3) is 0.875. The quantitative estimate of drug-likeness (QED) is 0.479. The van der Waals surface area contributed by atoms with Gasteiger partial charge in [0.1, 0.15) is 16.1 Å². The lowest BCUT2D eigenvalue weighted by Crippen LogP contribution is -2.25. The van der Waals surface area contributed by atoms with Crippen LogP contribution < -0.4 is 0 Å². The Kier molecular flexibility index (Phi) is 4.77. The van der Waals surface area contributed by atoms with Gasteiger partial charge in [0.25, 0.3) is 0 Å². The summed E-state index contributed by atoms with van der Waals surface area (Å²) in [7, 11) is 0. The first-order valence-corrected chi connectivity index (χ1v) is 5.03. The second-order valence-electron chi connectivity index (χ2n) is 3.44. The predicted octanol–water partition coefficient (Wildman–Crippen LogP) is 2.32. The minimum Gasteiger partial charge on any atom is -0.591 e. The molecule has 0 aromatic rings. The van der Waals surface area contributed by atoms with Gasteiger partial charge in [0, 0.05) is 0 Å². The van der Waals surface area contributed by atoms with E-state index in [-0.39, 0.29) is 4.75 Å². The van der Waals surface area contributed by atoms with Crippen molar-refractivity contribution >= 4 is 17.6 Å². The van der Waals surface area contributed by atoms with Crippen LogP contribution in [0.3, 0.4) is 0 Å². The van der Waals surface area contributed by atoms with E-state index in [1.165, 1.54) is 0 Å². The van der Waals surface area contributed by atoms with Crippen LogP contribution in [0.1, 0.15) is 40.5 Å². The summed E-state index contributed by atoms with van der Waals surface area (Å²) < 4.78 is 15.0. The van der Waals surface area contributed by atoms with Crippen molar-refractivity contribution in [3.8, 4) is 0 Å². The molecule has 0 aromatic heterocycles. The Bertz CT molecular complexity index is 129. The van der Waals surface area contributed by atoms with E-state index in [1.807, 2.05) is 20.8 Å². The van der Waals surface area contributed by atoms with Crippen molar-refractivity contribution in [2.24, 2.45) is 4.40 Å². The van der Waals surface area contributed by atoms with Gasteiger partial charge in [-0.1, -0.05) is 17.7 Å². The van der Waals surface area contributed by atoms with Crippen LogP contribution in [0.5, 0.6) is 0 Å². The largest absolute Gasteiger partial charge is 0.591 e. The summed E-state index contributed by atoms with van der Waals surface area (Å²) >= 11 is -1.07. The Balaban J connectivity index is 3.77. The van der Waals surface area contributed by atoms with Gasteiger partial charge in [-0.3, -0.25) is 0 Å². The highest BCUT2D eigenvalue weighted by Crippen LogP contribution is 2.16. The molecule has 0 fully saturated rings. The summed E-state index contributed by atoms with van der Waals surface area (Å²) in [6.45, 7) is 7.84. The van der Waals surface area contributed by atoms with E-state index >= 15 is 0 Å². The van der Waals surface area contributed by atoms with Gasteiger partial charge in [-0.05, 0) is 27.2 Å². The molecule has 0 aliphatic heterocycles. The number of nitrogens with zero attached hydrogens (tertiary/aromatic N) is 1. The van der Waals surface area contributed by atoms with Crippen LogP contribution in [-0.4, -0.2) is 15.5 Å². The molecule has 0 amide bonds. The van der Waals surface area contributed by atoms with Gasteiger partial charge in [0.05, 0.1) is 6.21 Å². The Labute approximate surface area is 72.4 Å². The molecule has 2 nitrogen and oxygen atoms in total. The first-order chi connectivity index (χ1) is 4.98. The lowest BCUT2D eigenvalue weighted by Gasteiger charge is -2.17. The highest BCUT2D eigenvalue weighted by Gasteiger charge is 2.25. The summed E-state index contributed by atoms with van der Waals surface area (Å²) in [5.74, 6) is 0. The van der Waals surface area contributed by atoms with E-state index in [1.54, 1.807) is 6.21 Å². The van der Waals surface area contributed by atoms with E-state index in [9.17, 15) is 4.55 Å². The van der Waals surface area contributed by atoms with Crippen molar-refractivity contribution in [2.45, 2.75) is 45.3 Å². The molecule has 0 rings (SSSR count). The first kappa shape index (κ1) is 11.0. The molecule has 0 aliphatic rings. The highest BCUT2D eigenvalue weighted by atomic mass is 32.2. The average molecular weight is 175 g/mol. The summed E-state index contributed by atoms with van der Waals surface area (Å²) in [6.07, 6.45) is 3.73. The van der Waals surface area contributed by atoms with E-state index in [0.29, 0.717) is 0 Å². The van der Waals surface area contributed by atoms with Gasteiger partial charge in [0.15, 0.2) is 0 Å². The Hall–Kier alpha value is -0.0200. The zero-order valence-electron chi connectivity index (χ0n) is 7.76. The zero-order valence-corrected chi connectivity index (χ0v) is 8.57. The third-order valence-corrected chi connectivity index (χ3v) is 2.50. The second-order valence-corrected chi connectivity index (χ2v) is 5.37. The monoisotopic (exact) mass is 175 g/mol. The molecule has 0 radical (unpaired) electrons. The molecule has 11 heavy (non-hydrogen) atoms. The van der Waals surface area contributed by atoms with Crippen LogP contribution >= 0.6 is 0 Å². The molecule has 0 heterocycles. The maximum absolute atomic E-state index is 11.3. The van der Waals surface area contributed by atoms with Crippen molar-refractivity contribution in [3.63, 3.8) is 0 Å². The van der Waals surface area contributed by atoms with Crippen molar-refractivity contribution < 1.29 is 4.55 Å². The highest BCUT2D eigenvalue weighted by molar-refractivity contribution is 7.91. The molecule has 66 valence electrons. The standard InChI is InChI=1S/C8H17NOS/c1-5-6-7-9-11(10)8(2,3)4/h7H,5-6H2,1-4H3/b9-7+/t11-/m1/s1. The fourth-order valence-corrected chi connectivity index (χ4v) is 0.965. The summed E-state index contributed by atoms with van der Waals surface area (Å²) in [5, 5.41) is 0. The van der Waals surface area contributed by atoms with E-state index in [4.69, 9.17) is 0 Å². The number of rotatable bonds is 3. The number of hydrogen-bond acceptors (Lipinski definition) is 2. The molecule has 0 saturated heterocycles. The summed E-state index contributed by atoms with van der Waals surface area (Å²) in [5.41, 5.74) is 0. The maximum Gasteiger partial charge on any atom is 0.144 e. The SMILES string of the molecule is CCC/C=N/[S@+]([O-])C(C)(C)C. The molecule has 0 saturated carbocycles. The number of hydrogen-bond donors (Lipinski definition) is 0. The van der Waals surface area contributed by atoms with Gasteiger partial charge < -0.3 is 4.55 Å². The van der Waals surface area contributed by atoms with E-state index in [0.717, 1.165) is 12.8 Å². The molecule has 1 atom stereocenters. The molecular weight excluding hydrogens is 158 g/mol. The smallest absolute Gasteiger partial charge is 0.144 e. The van der Waals surface area contributed by atoms with Crippen LogP contribution in [0, 0.1) is 0 Å². The molecule has 0 spiro atoms. The normalized spacial score (nSPS) is 15.7. The first-order valence-electron chi connectivity index (χ1n) is 3.93. The summed E-state index contributed by atoms with van der Waals surface area (Å²) in [4.78, 5) is 0. The minimum atomic E-state index is -1.07. The molecule has 0 unspecified atom stereocenters. The molecule has 3 heteroatoms. The number of unbranched alkanes of at least 4 members (excludes halogenated alkanes) is 1. The Morgan fingerprint density at radius 2 is 2.00 bits per heavy atom. The van der Waals surface area contributed by atoms with Crippen molar-refractivity contribution in [1.82, 2.24) is 0 Å². The zero-order chi connectivity index (χ0) is 8.91. The second kappa shape index (κ2) is 4.78. The molecule has 0 bridgehead atoms. The molecular formula is C8H17NOS. The van der Waals surface area contributed by atoms with E-state index in [2.05, 4.69) is 11.3 Å². The van der Waals surface area contributed by atoms with Gasteiger partial charge in [0.2, 0.25) is 0 Å². The third-order valence-electron chi connectivity index (χ3n) is 1.11. The fourth-order valence-electron chi connectivity index (χ4n) is 0.408. The van der Waals surface area contributed by atoms with Crippen LogP contribution in [0.4, 0.5) is 0 Å². The lowest BCUT2D eigenvalue weighted by molar-refractivity contribution is 0.561. The summed E-state index contributed by atoms with van der Waals surface area (Å²) in [6, 6.07) is 0. The Morgan fingerprint density at radius 1 is 1.45 bits per heavy atom. The average Bonchev–Trinajstić information content (AvgIpc) is 1.86. The van der Waals surface area contributed by atoms with Crippen molar-refractivity contribution in [3.05, 3.63) is 0 Å². The van der Waals surface area contributed by atoms with Crippen molar-refractivity contribution in [2.75, 3.05) is 0 Å². The van der Waals surface area contributed by atoms with Crippen LogP contribution in [0.25, 0.3) is 0 Å². The van der Waals surface area contributed by atoms with Crippen LogP contribution in [-0.2, 0) is 11.4 Å². The van der Waals surface area contributed by atoms with E-state index < -0.39 is 11.4 Å². The topological polar surface area (TPSA) is 35.4 Å². The predicted molar refractivity (Wildman–Crippen MR) is 51.3 cm³/mol. The van der Waals surface area contributed by atoms with Gasteiger partial charge in [-0.15, -0.1) is 0 Å². The molecule has 0 aromatic carbocycles. The maximum atomic E-state index is 11.3. The van der Waals surface area contributed by atoms with Gasteiger partial charge in [-0.25, -0.2) is 0 Å². The Morgan fingerprint density at radius 3 is 2.36 bits per heavy atom. The van der Waals surface area contributed by atoms with Crippen LogP contribution in [0.2, 0.25) is 0 Å². The van der Waals surface area contributed by atoms with Crippen LogP contribution in [0.15, 0.2) is 4.40 Å².